The number of carbonyl (C=O) groups excluding carboxylic acids is 1. The molecule has 0 aliphatic carbocycles. The number of hydrogen-bond donors (Lipinski definition) is 2. The van der Waals surface area contributed by atoms with E-state index in [0.717, 1.165) is 42.9 Å². The van der Waals surface area contributed by atoms with Crippen LogP contribution in [0.5, 0.6) is 0 Å². The van der Waals surface area contributed by atoms with E-state index >= 15 is 0 Å². The minimum absolute atomic E-state index is 0.00690. The smallest absolute Gasteiger partial charge is 0.404 e. The molecule has 202 valence electrons. The molecule has 0 bridgehead atoms. The summed E-state index contributed by atoms with van der Waals surface area (Å²) in [5.41, 5.74) is 3.91. The summed E-state index contributed by atoms with van der Waals surface area (Å²) in [5.74, 6) is -0.619. The lowest BCUT2D eigenvalue weighted by atomic mass is 9.88. The van der Waals surface area contributed by atoms with Gasteiger partial charge in [0.15, 0.2) is 0 Å². The first-order valence-electron chi connectivity index (χ1n) is 13.0. The predicted octanol–water partition coefficient (Wildman–Crippen LogP) is 3.83. The monoisotopic (exact) mass is 524 g/mol. The van der Waals surface area contributed by atoms with Gasteiger partial charge in [-0.15, -0.1) is 0 Å². The van der Waals surface area contributed by atoms with Crippen molar-refractivity contribution >= 4 is 17.6 Å². The Morgan fingerprint density at radius 2 is 1.34 bits per heavy atom. The van der Waals surface area contributed by atoms with Crippen LogP contribution < -0.4 is 5.32 Å². The Balaban J connectivity index is 1.30. The van der Waals surface area contributed by atoms with Crippen molar-refractivity contribution in [2.75, 3.05) is 58.9 Å². The van der Waals surface area contributed by atoms with Crippen molar-refractivity contribution in [3.05, 3.63) is 89.0 Å². The van der Waals surface area contributed by atoms with Crippen LogP contribution in [-0.4, -0.2) is 90.7 Å². The van der Waals surface area contributed by atoms with Crippen molar-refractivity contribution in [2.24, 2.45) is 0 Å². The Kier molecular flexibility index (Phi) is 9.62. The van der Waals surface area contributed by atoms with Crippen LogP contribution in [0.25, 0.3) is 5.57 Å². The molecule has 2 aliphatic rings. The number of halogens is 2. The Morgan fingerprint density at radius 1 is 0.816 bits per heavy atom. The van der Waals surface area contributed by atoms with Gasteiger partial charge in [-0.2, -0.15) is 0 Å². The molecule has 2 fully saturated rings. The van der Waals surface area contributed by atoms with E-state index in [2.05, 4.69) is 15.1 Å². The third-order valence-corrected chi connectivity index (χ3v) is 7.09. The molecule has 2 saturated heterocycles. The van der Waals surface area contributed by atoms with Gasteiger partial charge < -0.3 is 15.3 Å². The van der Waals surface area contributed by atoms with E-state index < -0.39 is 6.09 Å². The van der Waals surface area contributed by atoms with Crippen molar-refractivity contribution < 1.29 is 23.5 Å². The second-order valence-electron chi connectivity index (χ2n) is 9.59. The summed E-state index contributed by atoms with van der Waals surface area (Å²) in [6.07, 6.45) is 3.96. The third kappa shape index (κ3) is 7.72. The fourth-order valence-electron chi connectivity index (χ4n) is 4.98. The summed E-state index contributed by atoms with van der Waals surface area (Å²) >= 11 is 0. The lowest BCUT2D eigenvalue weighted by Gasteiger charge is -2.34. The van der Waals surface area contributed by atoms with Gasteiger partial charge in [-0.1, -0.05) is 35.9 Å². The zero-order valence-corrected chi connectivity index (χ0v) is 21.4. The van der Waals surface area contributed by atoms with E-state index in [1.807, 2.05) is 11.0 Å². The number of nitrogens with zero attached hydrogens (tertiary/aromatic N) is 3. The van der Waals surface area contributed by atoms with Crippen LogP contribution >= 0.6 is 0 Å². The minimum Gasteiger partial charge on any atom is -0.465 e. The van der Waals surface area contributed by atoms with Gasteiger partial charge in [-0.25, -0.2) is 13.6 Å². The zero-order valence-electron chi connectivity index (χ0n) is 21.4. The molecule has 9 heteroatoms. The van der Waals surface area contributed by atoms with Gasteiger partial charge in [-0.3, -0.25) is 14.6 Å². The number of piperazine rings is 1. The van der Waals surface area contributed by atoms with Gasteiger partial charge in [0.1, 0.15) is 11.6 Å². The van der Waals surface area contributed by atoms with Crippen LogP contribution in [0.2, 0.25) is 0 Å². The SMILES string of the molecule is O=C(O)NCCN1CCN(CC=CC(=O)N2CCC(=C(c3ccc(F)cc3)c3ccc(F)cc3)CC2)CC1. The van der Waals surface area contributed by atoms with Gasteiger partial charge >= 0.3 is 6.09 Å². The van der Waals surface area contributed by atoms with Gasteiger partial charge in [0.25, 0.3) is 0 Å². The Labute approximate surface area is 222 Å². The molecule has 2 aromatic rings. The summed E-state index contributed by atoms with van der Waals surface area (Å²) in [7, 11) is 0. The lowest BCUT2D eigenvalue weighted by Crippen LogP contribution is -2.48. The Hall–Kier alpha value is -3.56. The number of piperidine rings is 1. The summed E-state index contributed by atoms with van der Waals surface area (Å²) in [5, 5.41) is 11.1. The number of carboxylic acid groups (broad SMARTS) is 1. The third-order valence-electron chi connectivity index (χ3n) is 7.09. The Bertz CT molecular complexity index is 1100. The zero-order chi connectivity index (χ0) is 26.9. The number of benzene rings is 2. The summed E-state index contributed by atoms with van der Waals surface area (Å²) in [6, 6.07) is 12.7. The quantitative estimate of drug-likeness (QED) is 0.514. The normalized spacial score (nSPS) is 17.1. The maximum atomic E-state index is 13.6. The van der Waals surface area contributed by atoms with Crippen LogP contribution in [0.15, 0.2) is 66.3 Å². The van der Waals surface area contributed by atoms with E-state index in [1.54, 1.807) is 30.3 Å². The first-order valence-corrected chi connectivity index (χ1v) is 13.0. The fraction of sp³-hybridized carbons (Fsp3) is 0.379. The van der Waals surface area contributed by atoms with Crippen LogP contribution in [-0.2, 0) is 4.79 Å². The summed E-state index contributed by atoms with van der Waals surface area (Å²) < 4.78 is 27.1. The molecule has 2 aromatic carbocycles. The fourth-order valence-corrected chi connectivity index (χ4v) is 4.98. The summed E-state index contributed by atoms with van der Waals surface area (Å²) in [6.45, 7) is 6.49. The maximum Gasteiger partial charge on any atom is 0.404 e. The van der Waals surface area contributed by atoms with Crippen LogP contribution in [0.3, 0.4) is 0 Å². The molecule has 38 heavy (non-hydrogen) atoms. The number of rotatable bonds is 8. The highest BCUT2D eigenvalue weighted by Crippen LogP contribution is 2.32. The topological polar surface area (TPSA) is 76.1 Å². The van der Waals surface area contributed by atoms with Crippen molar-refractivity contribution in [2.45, 2.75) is 12.8 Å². The highest BCUT2D eigenvalue weighted by Gasteiger charge is 2.22. The maximum absolute atomic E-state index is 13.6. The average molecular weight is 525 g/mol. The molecular formula is C29H34F2N4O3. The van der Waals surface area contributed by atoms with Gasteiger partial charge in [0.05, 0.1) is 0 Å². The Morgan fingerprint density at radius 3 is 1.87 bits per heavy atom. The second kappa shape index (κ2) is 13.3. The number of likely N-dealkylation sites (tertiary alicyclic amines) is 1. The standard InChI is InChI=1S/C29H34F2N4O3/c30-25-7-3-22(4-8-25)28(23-5-9-26(31)10-6-23)24-11-15-35(16-12-24)27(36)2-1-14-33-18-20-34(21-19-33)17-13-32-29(37)38/h1-10,32H,11-21H2,(H,37,38). The van der Waals surface area contributed by atoms with E-state index in [4.69, 9.17) is 5.11 Å². The van der Waals surface area contributed by atoms with E-state index in [1.165, 1.54) is 29.8 Å². The molecule has 2 heterocycles. The average Bonchev–Trinajstić information content (AvgIpc) is 2.92. The molecule has 0 aromatic heterocycles. The number of nitrogens with one attached hydrogen (secondary N) is 1. The van der Waals surface area contributed by atoms with E-state index in [9.17, 15) is 18.4 Å². The number of carbonyl (C=O) groups is 2. The minimum atomic E-state index is -0.999. The number of hydrogen-bond acceptors (Lipinski definition) is 4. The van der Waals surface area contributed by atoms with E-state index in [-0.39, 0.29) is 17.5 Å². The van der Waals surface area contributed by atoms with Crippen molar-refractivity contribution in [1.29, 1.82) is 0 Å². The summed E-state index contributed by atoms with van der Waals surface area (Å²) in [4.78, 5) is 29.7. The molecule has 2 aliphatic heterocycles. The molecule has 7 nitrogen and oxygen atoms in total. The first-order chi connectivity index (χ1) is 18.4. The highest BCUT2D eigenvalue weighted by molar-refractivity contribution is 5.88. The van der Waals surface area contributed by atoms with Crippen LogP contribution in [0, 0.1) is 11.6 Å². The molecule has 0 atom stereocenters. The van der Waals surface area contributed by atoms with Gasteiger partial charge in [0.2, 0.25) is 5.91 Å². The molecule has 0 radical (unpaired) electrons. The van der Waals surface area contributed by atoms with Gasteiger partial charge in [-0.05, 0) is 53.8 Å². The van der Waals surface area contributed by atoms with Crippen LogP contribution in [0.4, 0.5) is 13.6 Å². The largest absolute Gasteiger partial charge is 0.465 e. The molecule has 0 saturated carbocycles. The molecule has 0 unspecified atom stereocenters. The van der Waals surface area contributed by atoms with Crippen molar-refractivity contribution in [3.8, 4) is 0 Å². The highest BCUT2D eigenvalue weighted by atomic mass is 19.1. The number of amides is 2. The first kappa shape index (κ1) is 27.5. The lowest BCUT2D eigenvalue weighted by molar-refractivity contribution is -0.126. The second-order valence-corrected chi connectivity index (χ2v) is 9.59. The molecule has 0 spiro atoms. The predicted molar refractivity (Wildman–Crippen MR) is 143 cm³/mol. The van der Waals surface area contributed by atoms with Crippen LogP contribution in [0.1, 0.15) is 24.0 Å². The molecule has 4 rings (SSSR count). The van der Waals surface area contributed by atoms with Gasteiger partial charge in [0, 0.05) is 65.0 Å². The van der Waals surface area contributed by atoms with Crippen molar-refractivity contribution in [3.63, 3.8) is 0 Å². The molecular weight excluding hydrogens is 490 g/mol. The molecule has 2 N–H and O–H groups in total. The molecule has 2 amide bonds. The van der Waals surface area contributed by atoms with Crippen molar-refractivity contribution in [1.82, 2.24) is 20.0 Å². The van der Waals surface area contributed by atoms with E-state index in [0.29, 0.717) is 45.6 Å².